The van der Waals surface area contributed by atoms with Gasteiger partial charge in [0.15, 0.2) is 16.6 Å². The number of rotatable bonds is 2. The lowest BCUT2D eigenvalue weighted by Gasteiger charge is -2.03. The largest absolute Gasteiger partial charge is 0.443 e. The summed E-state index contributed by atoms with van der Waals surface area (Å²) in [5, 5.41) is -1.18. The molecule has 106 valence electrons. The molecule has 0 atom stereocenters. The zero-order valence-corrected chi connectivity index (χ0v) is 11.7. The van der Waals surface area contributed by atoms with Gasteiger partial charge in [-0.1, -0.05) is 0 Å². The van der Waals surface area contributed by atoms with E-state index in [0.29, 0.717) is 0 Å². The highest BCUT2D eigenvalue weighted by atomic mass is 79.9. The number of ketones is 1. The normalized spacial score (nSPS) is 11.7. The number of benzene rings is 1. The van der Waals surface area contributed by atoms with Crippen molar-refractivity contribution >= 4 is 33.0 Å². The van der Waals surface area contributed by atoms with Crippen LogP contribution in [0.3, 0.4) is 0 Å². The maximum absolute atomic E-state index is 13.3. The Balaban J connectivity index is 2.42. The van der Waals surface area contributed by atoms with E-state index in [0.717, 1.165) is 18.3 Å². The minimum absolute atomic E-state index is 0.139. The van der Waals surface area contributed by atoms with Gasteiger partial charge in [0.1, 0.15) is 0 Å². The molecule has 2 rings (SSSR count). The van der Waals surface area contributed by atoms with Gasteiger partial charge in [-0.15, -0.1) is 11.3 Å². The smallest absolute Gasteiger partial charge is 0.288 e. The number of halogens is 6. The van der Waals surface area contributed by atoms with Gasteiger partial charge in [0.05, 0.1) is 9.35 Å². The van der Waals surface area contributed by atoms with Crippen LogP contribution in [0.5, 0.6) is 0 Å². The molecule has 9 heteroatoms. The lowest BCUT2D eigenvalue weighted by Crippen LogP contribution is -2.03. The van der Waals surface area contributed by atoms with Crippen LogP contribution < -0.4 is 0 Å². The lowest BCUT2D eigenvalue weighted by atomic mass is 10.1. The average molecular weight is 372 g/mol. The summed E-state index contributed by atoms with van der Waals surface area (Å²) in [5.74, 6) is -3.33. The fourth-order valence-corrected chi connectivity index (χ4v) is 2.58. The first-order chi connectivity index (χ1) is 9.21. The Bertz CT molecular complexity index is 682. The maximum Gasteiger partial charge on any atom is 0.443 e. The molecule has 0 saturated heterocycles. The fraction of sp³-hybridized carbons (Fsp3) is 0.0909. The minimum atomic E-state index is -4.66. The van der Waals surface area contributed by atoms with Crippen molar-refractivity contribution in [2.75, 3.05) is 0 Å². The van der Waals surface area contributed by atoms with E-state index in [1.54, 1.807) is 0 Å². The molecule has 0 N–H and O–H groups in total. The molecule has 0 unspecified atom stereocenters. The van der Waals surface area contributed by atoms with Crippen molar-refractivity contribution in [3.63, 3.8) is 0 Å². The van der Waals surface area contributed by atoms with E-state index in [9.17, 15) is 26.7 Å². The molecule has 0 saturated carbocycles. The van der Waals surface area contributed by atoms with Gasteiger partial charge < -0.3 is 0 Å². The molecule has 2 aromatic rings. The zero-order chi connectivity index (χ0) is 15.1. The average Bonchev–Trinajstić information content (AvgIpc) is 2.85. The first-order valence-corrected chi connectivity index (χ1v) is 6.54. The molecule has 1 heterocycles. The molecule has 0 fully saturated rings. The van der Waals surface area contributed by atoms with Crippen molar-refractivity contribution in [3.05, 3.63) is 49.9 Å². The highest BCUT2D eigenvalue weighted by molar-refractivity contribution is 9.10. The summed E-state index contributed by atoms with van der Waals surface area (Å²) in [5.41, 5.74) is -0.277. The van der Waals surface area contributed by atoms with E-state index in [4.69, 9.17) is 0 Å². The van der Waals surface area contributed by atoms with Crippen molar-refractivity contribution in [2.45, 2.75) is 6.18 Å². The van der Waals surface area contributed by atoms with E-state index in [2.05, 4.69) is 20.9 Å². The zero-order valence-electron chi connectivity index (χ0n) is 9.26. The van der Waals surface area contributed by atoms with E-state index >= 15 is 0 Å². The van der Waals surface area contributed by atoms with Crippen LogP contribution in [-0.2, 0) is 6.18 Å². The van der Waals surface area contributed by atoms with Gasteiger partial charge in [-0.2, -0.15) is 13.2 Å². The maximum atomic E-state index is 13.3. The van der Waals surface area contributed by atoms with Gasteiger partial charge in [-0.05, 0) is 28.1 Å². The number of hydrogen-bond donors (Lipinski definition) is 0. The number of nitrogens with zero attached hydrogens (tertiary/aromatic N) is 1. The fourth-order valence-electron chi connectivity index (χ4n) is 1.34. The van der Waals surface area contributed by atoms with Gasteiger partial charge in [0, 0.05) is 11.8 Å². The molecule has 2 nitrogen and oxygen atoms in total. The summed E-state index contributed by atoms with van der Waals surface area (Å²) < 4.78 is 62.9. The summed E-state index contributed by atoms with van der Waals surface area (Å²) in [6.07, 6.45) is -3.90. The molecule has 1 aromatic carbocycles. The Morgan fingerprint density at radius 1 is 1.25 bits per heavy atom. The second-order valence-electron chi connectivity index (χ2n) is 3.58. The molecule has 20 heavy (non-hydrogen) atoms. The van der Waals surface area contributed by atoms with E-state index < -0.39 is 33.1 Å². The van der Waals surface area contributed by atoms with Crippen LogP contribution in [0.2, 0.25) is 0 Å². The Labute approximate surface area is 121 Å². The predicted octanol–water partition coefficient (Wildman–Crippen LogP) is 4.43. The SMILES string of the molecule is O=C(c1cnc(C(F)(F)F)s1)c1ccc(F)c(F)c1Br. The van der Waals surface area contributed by atoms with Crippen molar-refractivity contribution in [1.82, 2.24) is 4.98 Å². The third-order valence-electron chi connectivity index (χ3n) is 2.25. The Kier molecular flexibility index (Phi) is 3.92. The topological polar surface area (TPSA) is 30.0 Å². The molecule has 0 bridgehead atoms. The number of alkyl halides is 3. The van der Waals surface area contributed by atoms with Crippen LogP contribution in [0.1, 0.15) is 20.2 Å². The number of hydrogen-bond acceptors (Lipinski definition) is 3. The molecule has 0 amide bonds. The Hall–Kier alpha value is -1.35. The molecule has 0 aliphatic heterocycles. The highest BCUT2D eigenvalue weighted by Crippen LogP contribution is 2.34. The third-order valence-corrected chi connectivity index (χ3v) is 4.07. The summed E-state index contributed by atoms with van der Waals surface area (Å²) in [7, 11) is 0. The van der Waals surface area contributed by atoms with Gasteiger partial charge >= 0.3 is 6.18 Å². The molecule has 0 spiro atoms. The van der Waals surface area contributed by atoms with Gasteiger partial charge in [0.25, 0.3) is 0 Å². The summed E-state index contributed by atoms with van der Waals surface area (Å²) >= 11 is 2.84. The Morgan fingerprint density at radius 2 is 1.90 bits per heavy atom. The van der Waals surface area contributed by atoms with Crippen LogP contribution in [-0.4, -0.2) is 10.8 Å². The predicted molar refractivity (Wildman–Crippen MR) is 64.6 cm³/mol. The third kappa shape index (κ3) is 2.73. The molecule has 0 radical (unpaired) electrons. The van der Waals surface area contributed by atoms with E-state index in [-0.39, 0.29) is 21.8 Å². The molecule has 0 aliphatic carbocycles. The van der Waals surface area contributed by atoms with Crippen LogP contribution in [0.25, 0.3) is 0 Å². The number of aromatic nitrogens is 1. The van der Waals surface area contributed by atoms with Crippen LogP contribution >= 0.6 is 27.3 Å². The van der Waals surface area contributed by atoms with Crippen molar-refractivity contribution in [1.29, 1.82) is 0 Å². The van der Waals surface area contributed by atoms with Gasteiger partial charge in [0.2, 0.25) is 5.78 Å². The van der Waals surface area contributed by atoms with Gasteiger partial charge in [-0.25, -0.2) is 13.8 Å². The van der Waals surface area contributed by atoms with E-state index in [1.807, 2.05) is 0 Å². The van der Waals surface area contributed by atoms with Gasteiger partial charge in [-0.3, -0.25) is 4.79 Å². The van der Waals surface area contributed by atoms with Crippen LogP contribution in [0, 0.1) is 11.6 Å². The van der Waals surface area contributed by atoms with Crippen molar-refractivity contribution < 1.29 is 26.7 Å². The first-order valence-electron chi connectivity index (χ1n) is 4.93. The number of carbonyl (C=O) groups excluding carboxylic acids is 1. The molecule has 0 aliphatic rings. The minimum Gasteiger partial charge on any atom is -0.288 e. The molecular weight excluding hydrogens is 369 g/mol. The number of carbonyl (C=O) groups is 1. The summed E-state index contributed by atoms with van der Waals surface area (Å²) in [4.78, 5) is 14.7. The molecular formula is C11H3BrF5NOS. The van der Waals surface area contributed by atoms with E-state index in [1.165, 1.54) is 0 Å². The quantitative estimate of drug-likeness (QED) is 0.444. The molecule has 1 aromatic heterocycles. The van der Waals surface area contributed by atoms with Crippen LogP contribution in [0.4, 0.5) is 22.0 Å². The van der Waals surface area contributed by atoms with Crippen molar-refractivity contribution in [3.8, 4) is 0 Å². The highest BCUT2D eigenvalue weighted by Gasteiger charge is 2.35. The second kappa shape index (κ2) is 5.21. The summed E-state index contributed by atoms with van der Waals surface area (Å²) in [6.45, 7) is 0. The first kappa shape index (κ1) is 15.0. The second-order valence-corrected chi connectivity index (χ2v) is 5.40. The van der Waals surface area contributed by atoms with Crippen molar-refractivity contribution in [2.24, 2.45) is 0 Å². The Morgan fingerprint density at radius 3 is 2.45 bits per heavy atom. The summed E-state index contributed by atoms with van der Waals surface area (Å²) in [6, 6.07) is 1.71. The van der Waals surface area contributed by atoms with Crippen LogP contribution in [0.15, 0.2) is 22.8 Å². The number of thiazole rings is 1. The standard InChI is InChI=1S/C11H3BrF5NOS/c12-7-4(1-2-5(13)8(7)14)9(19)6-3-18-10(20-6)11(15,16)17/h1-3H. The lowest BCUT2D eigenvalue weighted by molar-refractivity contribution is -0.137. The monoisotopic (exact) mass is 371 g/mol.